The number of likely N-dealkylation sites (tertiary alicyclic amines) is 1. The normalized spacial score (nSPS) is 19.5. The number of benzene rings is 1. The summed E-state index contributed by atoms with van der Waals surface area (Å²) in [4.78, 5) is 10.7. The third-order valence-corrected chi connectivity index (χ3v) is 5.93. The monoisotopic (exact) mass is 438 g/mol. The van der Waals surface area contributed by atoms with E-state index < -0.39 is 18.9 Å². The fraction of sp³-hybridized carbons (Fsp3) is 0.348. The minimum Gasteiger partial charge on any atom is -0.479 e. The second-order valence-electron chi connectivity index (χ2n) is 7.92. The molecule has 0 amide bonds. The zero-order valence-electron chi connectivity index (χ0n) is 17.7. The summed E-state index contributed by atoms with van der Waals surface area (Å²) in [5, 5.41) is 8.68. The number of ether oxygens (including phenoxy) is 1. The van der Waals surface area contributed by atoms with Crippen molar-refractivity contribution in [3.8, 4) is 17.0 Å². The summed E-state index contributed by atoms with van der Waals surface area (Å²) in [5.41, 5.74) is 3.59. The quantitative estimate of drug-likeness (QED) is 0.495. The molecular formula is C23H24F2N6O. The Labute approximate surface area is 184 Å². The van der Waals surface area contributed by atoms with Crippen molar-refractivity contribution < 1.29 is 13.5 Å². The molecule has 1 aliphatic heterocycles. The van der Waals surface area contributed by atoms with Crippen molar-refractivity contribution in [3.63, 3.8) is 0 Å². The van der Waals surface area contributed by atoms with Crippen molar-refractivity contribution in [1.82, 2.24) is 24.5 Å². The Morgan fingerprint density at radius 2 is 2.16 bits per heavy atom. The fourth-order valence-electron chi connectivity index (χ4n) is 4.29. The Bertz CT molecular complexity index is 1250. The number of piperidine rings is 1. The number of anilines is 1. The first-order valence-corrected chi connectivity index (χ1v) is 10.6. The molecule has 5 rings (SSSR count). The molecular weight excluding hydrogens is 414 g/mol. The Kier molecular flexibility index (Phi) is 5.57. The Morgan fingerprint density at radius 1 is 1.25 bits per heavy atom. The number of pyridine rings is 1. The zero-order valence-corrected chi connectivity index (χ0v) is 17.7. The van der Waals surface area contributed by atoms with Crippen molar-refractivity contribution in [3.05, 3.63) is 48.8 Å². The van der Waals surface area contributed by atoms with Crippen LogP contribution < -0.4 is 10.1 Å². The maximum Gasteiger partial charge on any atom is 0.244 e. The van der Waals surface area contributed by atoms with Gasteiger partial charge in [0.2, 0.25) is 11.8 Å². The fourth-order valence-corrected chi connectivity index (χ4v) is 4.29. The van der Waals surface area contributed by atoms with Crippen LogP contribution in [0.25, 0.3) is 27.5 Å². The molecule has 1 N–H and O–H groups in total. The molecule has 1 saturated heterocycles. The molecule has 166 valence electrons. The number of halogens is 2. The molecule has 1 aliphatic rings. The molecule has 2 atom stereocenters. The van der Waals surface area contributed by atoms with E-state index in [0.29, 0.717) is 24.8 Å². The number of hydrogen-bond donors (Lipinski definition) is 1. The van der Waals surface area contributed by atoms with Gasteiger partial charge in [-0.2, -0.15) is 4.98 Å². The average Bonchev–Trinajstić information content (AvgIpc) is 3.24. The highest BCUT2D eigenvalue weighted by Gasteiger charge is 2.30. The molecule has 7 nitrogen and oxygen atoms in total. The van der Waals surface area contributed by atoms with Gasteiger partial charge in [-0.15, -0.1) is 5.10 Å². The minimum absolute atomic E-state index is 0.200. The lowest BCUT2D eigenvalue weighted by Gasteiger charge is -2.34. The predicted molar refractivity (Wildman–Crippen MR) is 120 cm³/mol. The smallest absolute Gasteiger partial charge is 0.244 e. The molecule has 32 heavy (non-hydrogen) atoms. The van der Waals surface area contributed by atoms with Gasteiger partial charge < -0.3 is 10.1 Å². The van der Waals surface area contributed by atoms with Crippen LogP contribution in [0.2, 0.25) is 0 Å². The summed E-state index contributed by atoms with van der Waals surface area (Å²) >= 11 is 0. The number of nitrogens with one attached hydrogen (secondary N) is 1. The first-order valence-electron chi connectivity index (χ1n) is 10.6. The number of nitrogens with zero attached hydrogens (tertiary/aromatic N) is 5. The van der Waals surface area contributed by atoms with Crippen LogP contribution in [0, 0.1) is 0 Å². The molecule has 0 radical (unpaired) electrons. The van der Waals surface area contributed by atoms with Crippen molar-refractivity contribution in [2.45, 2.75) is 18.6 Å². The SMILES string of the molecule is COc1nc(N[C@H]2CCN(CCF)C[C@@H]2F)nn2ccc(-c3ccc4ncccc4c3)c12. The number of aromatic nitrogens is 4. The van der Waals surface area contributed by atoms with Gasteiger partial charge in [0.05, 0.1) is 18.7 Å². The second kappa shape index (κ2) is 8.66. The molecule has 0 spiro atoms. The molecule has 0 unspecified atom stereocenters. The van der Waals surface area contributed by atoms with E-state index in [1.165, 1.54) is 0 Å². The van der Waals surface area contributed by atoms with Crippen LogP contribution in [0.15, 0.2) is 48.8 Å². The van der Waals surface area contributed by atoms with E-state index in [4.69, 9.17) is 4.74 Å². The molecule has 1 aromatic carbocycles. The standard InChI is InChI=1S/C23H24F2N6O/c1-32-22-21-17(15-4-5-19-16(13-15)3-2-9-26-19)6-11-31(21)29-23(28-22)27-20-7-10-30(12-8-24)14-18(20)25/h2-6,9,11,13,18,20H,7-8,10,12,14H2,1H3,(H,27,29)/t18-,20-/m0/s1. The van der Waals surface area contributed by atoms with Gasteiger partial charge in [-0.05, 0) is 36.2 Å². The first-order chi connectivity index (χ1) is 15.7. The van der Waals surface area contributed by atoms with E-state index in [1.54, 1.807) is 22.7 Å². The van der Waals surface area contributed by atoms with E-state index >= 15 is 0 Å². The summed E-state index contributed by atoms with van der Waals surface area (Å²) in [7, 11) is 1.56. The van der Waals surface area contributed by atoms with E-state index in [9.17, 15) is 8.78 Å². The lowest BCUT2D eigenvalue weighted by molar-refractivity contribution is 0.120. The van der Waals surface area contributed by atoms with Crippen molar-refractivity contribution in [2.75, 3.05) is 38.7 Å². The number of rotatable bonds is 6. The number of hydrogen-bond acceptors (Lipinski definition) is 6. The van der Waals surface area contributed by atoms with Crippen molar-refractivity contribution >= 4 is 22.4 Å². The molecule has 3 aromatic heterocycles. The molecule has 9 heteroatoms. The summed E-state index contributed by atoms with van der Waals surface area (Å²) < 4.78 is 34.5. The van der Waals surface area contributed by atoms with Gasteiger partial charge >= 0.3 is 0 Å². The molecule has 0 bridgehead atoms. The highest BCUT2D eigenvalue weighted by molar-refractivity contribution is 5.90. The summed E-state index contributed by atoms with van der Waals surface area (Å²) in [5.74, 6) is 0.699. The van der Waals surface area contributed by atoms with Crippen LogP contribution in [0.1, 0.15) is 6.42 Å². The van der Waals surface area contributed by atoms with Gasteiger partial charge in [-0.25, -0.2) is 13.3 Å². The first kappa shape index (κ1) is 20.6. The average molecular weight is 438 g/mol. The second-order valence-corrected chi connectivity index (χ2v) is 7.92. The summed E-state index contributed by atoms with van der Waals surface area (Å²) in [6.07, 6.45) is 3.03. The van der Waals surface area contributed by atoms with Gasteiger partial charge in [0, 0.05) is 43.0 Å². The topological polar surface area (TPSA) is 67.6 Å². The third kappa shape index (κ3) is 3.84. The Morgan fingerprint density at radius 3 is 2.97 bits per heavy atom. The molecule has 4 aromatic rings. The third-order valence-electron chi connectivity index (χ3n) is 5.93. The highest BCUT2D eigenvalue weighted by Crippen LogP contribution is 2.33. The van der Waals surface area contributed by atoms with Crippen LogP contribution >= 0.6 is 0 Å². The van der Waals surface area contributed by atoms with Gasteiger partial charge in [-0.1, -0.05) is 12.1 Å². The van der Waals surface area contributed by atoms with Crippen molar-refractivity contribution in [1.29, 1.82) is 0 Å². The zero-order chi connectivity index (χ0) is 22.1. The van der Waals surface area contributed by atoms with Crippen LogP contribution in [-0.4, -0.2) is 70.1 Å². The number of fused-ring (bicyclic) bond motifs is 2. The molecule has 1 fully saturated rings. The Balaban J connectivity index is 1.45. The predicted octanol–water partition coefficient (Wildman–Crippen LogP) is 3.75. The van der Waals surface area contributed by atoms with Gasteiger partial charge in [0.15, 0.2) is 0 Å². The Hall–Kier alpha value is -3.33. The maximum atomic E-state index is 14.6. The number of alkyl halides is 2. The molecule has 0 aliphatic carbocycles. The van der Waals surface area contributed by atoms with Gasteiger partial charge in [0.1, 0.15) is 18.4 Å². The molecule has 0 saturated carbocycles. The minimum atomic E-state index is -1.13. The van der Waals surface area contributed by atoms with Crippen LogP contribution in [0.4, 0.5) is 14.7 Å². The van der Waals surface area contributed by atoms with Crippen LogP contribution in [0.3, 0.4) is 0 Å². The lowest BCUT2D eigenvalue weighted by atomic mass is 10.0. The van der Waals surface area contributed by atoms with E-state index in [2.05, 4.69) is 26.4 Å². The van der Waals surface area contributed by atoms with Crippen LogP contribution in [0.5, 0.6) is 5.88 Å². The maximum absolute atomic E-state index is 14.6. The van der Waals surface area contributed by atoms with E-state index in [0.717, 1.165) is 27.5 Å². The summed E-state index contributed by atoms with van der Waals surface area (Å²) in [6.45, 7) is 0.628. The van der Waals surface area contributed by atoms with Gasteiger partial charge in [-0.3, -0.25) is 9.88 Å². The van der Waals surface area contributed by atoms with E-state index in [-0.39, 0.29) is 13.1 Å². The van der Waals surface area contributed by atoms with Crippen LogP contribution in [-0.2, 0) is 0 Å². The van der Waals surface area contributed by atoms with Crippen molar-refractivity contribution in [2.24, 2.45) is 0 Å². The highest BCUT2D eigenvalue weighted by atomic mass is 19.1. The lowest BCUT2D eigenvalue weighted by Crippen LogP contribution is -2.48. The molecule has 4 heterocycles. The van der Waals surface area contributed by atoms with Gasteiger partial charge in [0.25, 0.3) is 0 Å². The number of methoxy groups -OCH3 is 1. The van der Waals surface area contributed by atoms with E-state index in [1.807, 2.05) is 36.5 Å². The largest absolute Gasteiger partial charge is 0.479 e. The summed E-state index contributed by atoms with van der Waals surface area (Å²) in [6, 6.07) is 11.5.